The highest BCUT2D eigenvalue weighted by atomic mass is 35.5. The van der Waals surface area contributed by atoms with Gasteiger partial charge in [-0.15, -0.1) is 12.4 Å². The largest absolute Gasteiger partial charge is 0.494 e. The number of ether oxygens (including phenoxy) is 2. The van der Waals surface area contributed by atoms with Crippen molar-refractivity contribution >= 4 is 45.8 Å². The highest BCUT2D eigenvalue weighted by Crippen LogP contribution is 2.30. The minimum atomic E-state index is -0.472. The van der Waals surface area contributed by atoms with Gasteiger partial charge in [0, 0.05) is 19.6 Å². The Kier molecular flexibility index (Phi) is 8.76. The molecule has 0 aliphatic carbocycles. The summed E-state index contributed by atoms with van der Waals surface area (Å²) in [4.78, 5) is 29.9. The van der Waals surface area contributed by atoms with Gasteiger partial charge in [-0.1, -0.05) is 23.5 Å². The van der Waals surface area contributed by atoms with E-state index < -0.39 is 11.9 Å². The van der Waals surface area contributed by atoms with E-state index in [0.717, 1.165) is 15.9 Å². The van der Waals surface area contributed by atoms with E-state index >= 15 is 0 Å². The third kappa shape index (κ3) is 5.09. The standard InChI is InChI=1S/C21H25N5O4S.ClH/c1-5-26-15(10-13(2)24-26)19(27)23-21-25(9-7-6-8-22)18-16(29-3)11-14(20(28)30-4)12-17(18)31-21;/h6-7,10-12H,5,8-9,22H2,1-4H3;1H/b7-6+,23-21-;. The summed E-state index contributed by atoms with van der Waals surface area (Å²) in [7, 11) is 2.85. The van der Waals surface area contributed by atoms with Gasteiger partial charge in [-0.2, -0.15) is 10.1 Å². The zero-order valence-electron chi connectivity index (χ0n) is 18.3. The topological polar surface area (TPSA) is 114 Å². The van der Waals surface area contributed by atoms with Crippen molar-refractivity contribution in [3.63, 3.8) is 0 Å². The lowest BCUT2D eigenvalue weighted by molar-refractivity contribution is 0.0600. The minimum absolute atomic E-state index is 0. The zero-order chi connectivity index (χ0) is 22.5. The van der Waals surface area contributed by atoms with Crippen LogP contribution in [0.5, 0.6) is 5.75 Å². The second-order valence-electron chi connectivity index (χ2n) is 6.62. The van der Waals surface area contributed by atoms with Gasteiger partial charge in [-0.25, -0.2) is 4.79 Å². The second-order valence-corrected chi connectivity index (χ2v) is 7.63. The average Bonchev–Trinajstić information content (AvgIpc) is 3.32. The summed E-state index contributed by atoms with van der Waals surface area (Å²) in [5, 5.41) is 4.32. The molecule has 11 heteroatoms. The number of carbonyl (C=O) groups excluding carboxylic acids is 2. The maximum atomic E-state index is 13.0. The van der Waals surface area contributed by atoms with E-state index in [1.54, 1.807) is 22.9 Å². The Bertz CT molecular complexity index is 1220. The quantitative estimate of drug-likeness (QED) is 0.411. The number of aromatic nitrogens is 3. The minimum Gasteiger partial charge on any atom is -0.494 e. The van der Waals surface area contributed by atoms with E-state index in [9.17, 15) is 9.59 Å². The van der Waals surface area contributed by atoms with E-state index in [1.807, 2.05) is 30.6 Å². The highest BCUT2D eigenvalue weighted by Gasteiger charge is 2.18. The van der Waals surface area contributed by atoms with Crippen LogP contribution in [0.15, 0.2) is 35.3 Å². The molecule has 3 rings (SSSR count). The van der Waals surface area contributed by atoms with E-state index in [-0.39, 0.29) is 12.4 Å². The Hall–Kier alpha value is -2.95. The first-order valence-electron chi connectivity index (χ1n) is 9.71. The van der Waals surface area contributed by atoms with Crippen LogP contribution in [0.25, 0.3) is 10.2 Å². The number of aryl methyl sites for hydroxylation is 2. The van der Waals surface area contributed by atoms with Crippen molar-refractivity contribution in [2.45, 2.75) is 26.9 Å². The number of esters is 1. The van der Waals surface area contributed by atoms with Crippen molar-refractivity contribution in [2.75, 3.05) is 20.8 Å². The SMILES string of the molecule is CCn1nc(C)cc1C(=O)/N=c1\sc2cc(C(=O)OC)cc(OC)c2n1C/C=C/CN.Cl. The van der Waals surface area contributed by atoms with Gasteiger partial charge in [0.15, 0.2) is 4.80 Å². The molecule has 2 heterocycles. The molecule has 0 spiro atoms. The molecule has 0 aliphatic rings. The van der Waals surface area contributed by atoms with Gasteiger partial charge >= 0.3 is 5.97 Å². The van der Waals surface area contributed by atoms with E-state index in [1.165, 1.54) is 25.6 Å². The lowest BCUT2D eigenvalue weighted by Gasteiger charge is -2.08. The average molecular weight is 480 g/mol. The first-order chi connectivity index (χ1) is 14.9. The molecule has 0 fully saturated rings. The molecule has 0 saturated carbocycles. The van der Waals surface area contributed by atoms with Crippen LogP contribution in [0.4, 0.5) is 0 Å². The highest BCUT2D eigenvalue weighted by molar-refractivity contribution is 7.16. The number of carbonyl (C=O) groups is 2. The molecule has 1 aromatic carbocycles. The molecule has 1 amide bonds. The fraction of sp³-hybridized carbons (Fsp3) is 0.333. The molecule has 0 aliphatic heterocycles. The van der Waals surface area contributed by atoms with Crippen LogP contribution in [0.3, 0.4) is 0 Å². The first kappa shape index (κ1) is 25.3. The number of amides is 1. The molecule has 0 saturated heterocycles. The Morgan fingerprint density at radius 2 is 2.00 bits per heavy atom. The van der Waals surface area contributed by atoms with Crippen molar-refractivity contribution in [2.24, 2.45) is 10.7 Å². The molecule has 2 N–H and O–H groups in total. The molecule has 32 heavy (non-hydrogen) atoms. The third-order valence-corrected chi connectivity index (χ3v) is 5.62. The van der Waals surface area contributed by atoms with Gasteiger partial charge < -0.3 is 19.8 Å². The fourth-order valence-corrected chi connectivity index (χ4v) is 4.29. The number of nitrogens with two attached hydrogens (primary N) is 1. The number of hydrogen-bond acceptors (Lipinski definition) is 7. The molecule has 0 radical (unpaired) electrons. The number of thiazole rings is 1. The smallest absolute Gasteiger partial charge is 0.338 e. The third-order valence-electron chi connectivity index (χ3n) is 4.59. The first-order valence-corrected chi connectivity index (χ1v) is 10.5. The summed E-state index contributed by atoms with van der Waals surface area (Å²) in [5.74, 6) is -0.378. The van der Waals surface area contributed by atoms with Crippen LogP contribution in [-0.4, -0.2) is 47.0 Å². The van der Waals surface area contributed by atoms with Crippen molar-refractivity contribution in [1.29, 1.82) is 0 Å². The van der Waals surface area contributed by atoms with Crippen LogP contribution in [-0.2, 0) is 17.8 Å². The number of benzene rings is 1. The lowest BCUT2D eigenvalue weighted by atomic mass is 10.2. The summed E-state index contributed by atoms with van der Waals surface area (Å²) in [6.45, 7) is 5.14. The summed E-state index contributed by atoms with van der Waals surface area (Å²) >= 11 is 1.29. The van der Waals surface area contributed by atoms with Gasteiger partial charge in [0.1, 0.15) is 17.0 Å². The maximum absolute atomic E-state index is 13.0. The molecular weight excluding hydrogens is 454 g/mol. The van der Waals surface area contributed by atoms with Crippen molar-refractivity contribution in [3.8, 4) is 5.75 Å². The predicted octanol–water partition coefficient (Wildman–Crippen LogP) is 2.70. The number of methoxy groups -OCH3 is 2. The van der Waals surface area contributed by atoms with Crippen LogP contribution in [0.1, 0.15) is 33.5 Å². The Morgan fingerprint density at radius 1 is 1.25 bits per heavy atom. The monoisotopic (exact) mass is 479 g/mol. The summed E-state index contributed by atoms with van der Waals surface area (Å²) in [6.07, 6.45) is 3.72. The molecule has 172 valence electrons. The summed E-state index contributed by atoms with van der Waals surface area (Å²) in [6, 6.07) is 5.05. The number of halogens is 1. The predicted molar refractivity (Wildman–Crippen MR) is 126 cm³/mol. The molecule has 0 bridgehead atoms. The lowest BCUT2D eigenvalue weighted by Crippen LogP contribution is -2.18. The summed E-state index contributed by atoms with van der Waals surface area (Å²) < 4.78 is 14.6. The molecule has 0 atom stereocenters. The van der Waals surface area contributed by atoms with Crippen molar-refractivity contribution < 1.29 is 19.1 Å². The number of allylic oxidation sites excluding steroid dienone is 1. The van der Waals surface area contributed by atoms with E-state index in [2.05, 4.69) is 10.1 Å². The zero-order valence-corrected chi connectivity index (χ0v) is 20.0. The molecule has 0 unspecified atom stereocenters. The number of fused-ring (bicyclic) bond motifs is 1. The van der Waals surface area contributed by atoms with Gasteiger partial charge in [-0.05, 0) is 32.0 Å². The molecule has 9 nitrogen and oxygen atoms in total. The molecular formula is C21H26ClN5O4S. The van der Waals surface area contributed by atoms with Crippen molar-refractivity contribution in [3.05, 3.63) is 52.1 Å². The van der Waals surface area contributed by atoms with Gasteiger partial charge in [0.05, 0.1) is 30.2 Å². The Labute approximate surface area is 195 Å². The van der Waals surface area contributed by atoms with Crippen molar-refractivity contribution in [1.82, 2.24) is 14.3 Å². The molecule has 2 aromatic heterocycles. The number of rotatable bonds is 7. The number of hydrogen-bond donors (Lipinski definition) is 1. The second kappa shape index (κ2) is 11.1. The van der Waals surface area contributed by atoms with E-state index in [0.29, 0.717) is 41.4 Å². The van der Waals surface area contributed by atoms with E-state index in [4.69, 9.17) is 15.2 Å². The van der Waals surface area contributed by atoms with Gasteiger partial charge in [0.25, 0.3) is 5.91 Å². The van der Waals surface area contributed by atoms with Crippen LogP contribution in [0, 0.1) is 6.92 Å². The van der Waals surface area contributed by atoms with Crippen LogP contribution < -0.4 is 15.3 Å². The number of nitrogens with zero attached hydrogens (tertiary/aromatic N) is 4. The van der Waals surface area contributed by atoms with Crippen LogP contribution in [0.2, 0.25) is 0 Å². The Balaban J connectivity index is 0.00000363. The summed E-state index contributed by atoms with van der Waals surface area (Å²) in [5.41, 5.74) is 7.83. The fourth-order valence-electron chi connectivity index (χ4n) is 3.20. The van der Waals surface area contributed by atoms with Crippen LogP contribution >= 0.6 is 23.7 Å². The molecule has 3 aromatic rings. The normalized spacial score (nSPS) is 11.7. The van der Waals surface area contributed by atoms with Gasteiger partial charge in [-0.3, -0.25) is 9.48 Å². The maximum Gasteiger partial charge on any atom is 0.338 e. The Morgan fingerprint density at radius 3 is 2.62 bits per heavy atom. The van der Waals surface area contributed by atoms with Gasteiger partial charge in [0.2, 0.25) is 0 Å².